The van der Waals surface area contributed by atoms with Crippen LogP contribution in [0, 0.1) is 0 Å². The highest BCUT2D eigenvalue weighted by molar-refractivity contribution is 5.84. The van der Waals surface area contributed by atoms with E-state index in [2.05, 4.69) is 17.4 Å². The second-order valence-electron chi connectivity index (χ2n) is 7.25. The fourth-order valence-electron chi connectivity index (χ4n) is 4.12. The molecule has 3 heterocycles. The van der Waals surface area contributed by atoms with Crippen LogP contribution in [0.1, 0.15) is 24.8 Å². The van der Waals surface area contributed by atoms with Crippen LogP contribution in [0.25, 0.3) is 0 Å². The van der Waals surface area contributed by atoms with Crippen molar-refractivity contribution in [2.45, 2.75) is 44.2 Å². The first-order valence-electron chi connectivity index (χ1n) is 9.58. The van der Waals surface area contributed by atoms with Gasteiger partial charge in [0.2, 0.25) is 5.91 Å². The van der Waals surface area contributed by atoms with Gasteiger partial charge in [-0.25, -0.2) is 4.90 Å². The van der Waals surface area contributed by atoms with Crippen LogP contribution in [0.3, 0.4) is 0 Å². The lowest BCUT2D eigenvalue weighted by atomic mass is 10.0. The van der Waals surface area contributed by atoms with Gasteiger partial charge in [-0.1, -0.05) is 30.4 Å². The maximum atomic E-state index is 12.3. The first-order chi connectivity index (χ1) is 12.7. The van der Waals surface area contributed by atoms with Crippen molar-refractivity contribution < 1.29 is 14.6 Å². The van der Waals surface area contributed by atoms with Crippen molar-refractivity contribution in [1.82, 2.24) is 15.1 Å². The molecule has 0 aliphatic carbocycles. The Hall–Kier alpha value is -1.89. The lowest BCUT2D eigenvalue weighted by Gasteiger charge is -2.26. The van der Waals surface area contributed by atoms with Crippen molar-refractivity contribution in [3.8, 4) is 5.75 Å². The minimum atomic E-state index is -0.761. The molecule has 2 fully saturated rings. The number of carbonyl (C=O) groups excluding carboxylic acids is 1. The van der Waals surface area contributed by atoms with Gasteiger partial charge >= 0.3 is 0 Å². The Morgan fingerprint density at radius 3 is 3.04 bits per heavy atom. The average molecular weight is 357 g/mol. The number of rotatable bonds is 6. The number of fused-ring (bicyclic) bond motifs is 2. The first-order valence-corrected chi connectivity index (χ1v) is 9.58. The molecule has 0 spiro atoms. The quantitative estimate of drug-likeness (QED) is 0.590. The van der Waals surface area contributed by atoms with Gasteiger partial charge in [-0.3, -0.25) is 9.69 Å². The standard InChI is InChI=1S/C20H27N3O3/c24-19-17-7-5-13-22(17)20(25)23(19)12-4-3-11-21-14-16-10-9-15-6-1-2-8-18(15)26-16/h1-4,6,8,16-17,20-21,25H,5,7,9-14H2/b4-3+. The maximum Gasteiger partial charge on any atom is 0.243 e. The van der Waals surface area contributed by atoms with Crippen LogP contribution in [-0.2, 0) is 11.2 Å². The SMILES string of the molecule is O=C1C2CCCN2C(O)N1C/C=C/CNCC1CCc2ccccc2O1. The number of para-hydroxylation sites is 1. The van der Waals surface area contributed by atoms with Crippen LogP contribution in [0.15, 0.2) is 36.4 Å². The Balaban J connectivity index is 1.17. The number of nitrogens with zero attached hydrogens (tertiary/aromatic N) is 2. The van der Waals surface area contributed by atoms with E-state index in [1.54, 1.807) is 4.90 Å². The fraction of sp³-hybridized carbons (Fsp3) is 0.550. The summed E-state index contributed by atoms with van der Waals surface area (Å²) in [6.45, 7) is 2.80. The number of amides is 1. The van der Waals surface area contributed by atoms with E-state index >= 15 is 0 Å². The number of benzene rings is 1. The van der Waals surface area contributed by atoms with E-state index < -0.39 is 6.35 Å². The van der Waals surface area contributed by atoms with E-state index in [-0.39, 0.29) is 18.1 Å². The minimum absolute atomic E-state index is 0.0573. The summed E-state index contributed by atoms with van der Waals surface area (Å²) in [5.74, 6) is 1.06. The normalized spacial score (nSPS) is 28.4. The topological polar surface area (TPSA) is 65.0 Å². The smallest absolute Gasteiger partial charge is 0.243 e. The molecule has 2 N–H and O–H groups in total. The summed E-state index contributed by atoms with van der Waals surface area (Å²) in [4.78, 5) is 15.7. The third-order valence-electron chi connectivity index (χ3n) is 5.54. The first kappa shape index (κ1) is 17.5. The monoisotopic (exact) mass is 357 g/mol. The highest BCUT2D eigenvalue weighted by Gasteiger charge is 2.46. The Kier molecular flexibility index (Phi) is 5.24. The summed E-state index contributed by atoms with van der Waals surface area (Å²) in [6, 6.07) is 8.11. The van der Waals surface area contributed by atoms with Crippen LogP contribution >= 0.6 is 0 Å². The Morgan fingerprint density at radius 1 is 1.27 bits per heavy atom. The summed E-state index contributed by atoms with van der Waals surface area (Å²) < 4.78 is 6.01. The third kappa shape index (κ3) is 3.49. The number of carbonyl (C=O) groups is 1. The highest BCUT2D eigenvalue weighted by Crippen LogP contribution is 2.29. The number of aliphatic hydroxyl groups is 1. The van der Waals surface area contributed by atoms with Crippen molar-refractivity contribution >= 4 is 5.91 Å². The summed E-state index contributed by atoms with van der Waals surface area (Å²) in [6.07, 6.45) is 7.35. The molecule has 1 amide bonds. The second-order valence-corrected chi connectivity index (χ2v) is 7.25. The van der Waals surface area contributed by atoms with E-state index in [1.807, 2.05) is 29.2 Å². The van der Waals surface area contributed by atoms with Gasteiger partial charge in [-0.15, -0.1) is 0 Å². The number of hydrogen-bond acceptors (Lipinski definition) is 5. The molecular formula is C20H27N3O3. The molecule has 1 aromatic carbocycles. The van der Waals surface area contributed by atoms with Crippen molar-refractivity contribution in [2.75, 3.05) is 26.2 Å². The van der Waals surface area contributed by atoms with Crippen molar-refractivity contribution in [3.05, 3.63) is 42.0 Å². The Morgan fingerprint density at radius 2 is 2.15 bits per heavy atom. The number of aryl methyl sites for hydroxylation is 1. The van der Waals surface area contributed by atoms with Crippen molar-refractivity contribution in [3.63, 3.8) is 0 Å². The zero-order valence-corrected chi connectivity index (χ0v) is 15.0. The van der Waals surface area contributed by atoms with Crippen LogP contribution in [0.2, 0.25) is 0 Å². The second kappa shape index (κ2) is 7.78. The molecule has 1 aromatic rings. The minimum Gasteiger partial charge on any atom is -0.489 e. The predicted octanol–water partition coefficient (Wildman–Crippen LogP) is 1.11. The van der Waals surface area contributed by atoms with Gasteiger partial charge in [0.15, 0.2) is 6.35 Å². The van der Waals surface area contributed by atoms with E-state index in [1.165, 1.54) is 5.56 Å². The highest BCUT2D eigenvalue weighted by atomic mass is 16.5. The fourth-order valence-corrected chi connectivity index (χ4v) is 4.12. The largest absolute Gasteiger partial charge is 0.489 e. The molecular weight excluding hydrogens is 330 g/mol. The van der Waals surface area contributed by atoms with Gasteiger partial charge in [0.1, 0.15) is 11.9 Å². The van der Waals surface area contributed by atoms with Crippen LogP contribution in [0.4, 0.5) is 0 Å². The molecule has 2 saturated heterocycles. The molecule has 0 saturated carbocycles. The third-order valence-corrected chi connectivity index (χ3v) is 5.54. The van der Waals surface area contributed by atoms with Gasteiger partial charge in [-0.05, 0) is 37.3 Å². The molecule has 140 valence electrons. The number of ether oxygens (including phenoxy) is 1. The molecule has 6 heteroatoms. The lowest BCUT2D eigenvalue weighted by Crippen LogP contribution is -2.39. The number of hydrogen-bond donors (Lipinski definition) is 2. The van der Waals surface area contributed by atoms with E-state index in [0.29, 0.717) is 6.54 Å². The van der Waals surface area contributed by atoms with Gasteiger partial charge in [-0.2, -0.15) is 0 Å². The maximum absolute atomic E-state index is 12.3. The van der Waals surface area contributed by atoms with Crippen LogP contribution < -0.4 is 10.1 Å². The van der Waals surface area contributed by atoms with Gasteiger partial charge in [0, 0.05) is 26.2 Å². The summed E-state index contributed by atoms with van der Waals surface area (Å²) in [7, 11) is 0. The average Bonchev–Trinajstić information content (AvgIpc) is 3.23. The molecule has 4 rings (SSSR count). The van der Waals surface area contributed by atoms with Crippen LogP contribution in [0.5, 0.6) is 5.75 Å². The molecule has 26 heavy (non-hydrogen) atoms. The molecule has 6 nitrogen and oxygen atoms in total. The zero-order chi connectivity index (χ0) is 17.9. The molecule has 3 aliphatic rings. The van der Waals surface area contributed by atoms with E-state index in [4.69, 9.17) is 4.74 Å². The van der Waals surface area contributed by atoms with Crippen LogP contribution in [-0.4, -0.2) is 65.5 Å². The summed E-state index contributed by atoms with van der Waals surface area (Å²) >= 11 is 0. The van der Waals surface area contributed by atoms with Gasteiger partial charge < -0.3 is 15.2 Å². The summed E-state index contributed by atoms with van der Waals surface area (Å²) in [5.41, 5.74) is 1.29. The lowest BCUT2D eigenvalue weighted by molar-refractivity contribution is -0.134. The zero-order valence-electron chi connectivity index (χ0n) is 15.0. The molecule has 3 unspecified atom stereocenters. The van der Waals surface area contributed by atoms with E-state index in [0.717, 1.165) is 51.1 Å². The molecule has 3 atom stereocenters. The summed E-state index contributed by atoms with van der Waals surface area (Å²) in [5, 5.41) is 13.6. The van der Waals surface area contributed by atoms with Gasteiger partial charge in [0.25, 0.3) is 0 Å². The molecule has 0 bridgehead atoms. The van der Waals surface area contributed by atoms with E-state index in [9.17, 15) is 9.90 Å². The Bertz CT molecular complexity index is 678. The molecule has 0 radical (unpaired) electrons. The number of nitrogens with one attached hydrogen (secondary N) is 1. The van der Waals surface area contributed by atoms with Crippen molar-refractivity contribution in [1.29, 1.82) is 0 Å². The predicted molar refractivity (Wildman–Crippen MR) is 98.6 cm³/mol. The van der Waals surface area contributed by atoms with Crippen molar-refractivity contribution in [2.24, 2.45) is 0 Å². The number of aliphatic hydroxyl groups excluding tert-OH is 1. The molecule has 0 aromatic heterocycles. The van der Waals surface area contributed by atoms with Gasteiger partial charge in [0.05, 0.1) is 6.04 Å². The Labute approximate surface area is 154 Å². The molecule has 3 aliphatic heterocycles.